The maximum Gasteiger partial charge on any atom is 0.373 e. The van der Waals surface area contributed by atoms with Crippen molar-refractivity contribution in [3.8, 4) is 6.07 Å². The third-order valence-electron chi connectivity index (χ3n) is 2.94. The fraction of sp³-hybridized carbons (Fsp3) is 0.583. The summed E-state index contributed by atoms with van der Waals surface area (Å²) in [6, 6.07) is 2.33. The molecule has 5 heteroatoms. The molecule has 1 atom stereocenters. The lowest BCUT2D eigenvalue weighted by Gasteiger charge is -2.16. The van der Waals surface area contributed by atoms with Crippen molar-refractivity contribution in [2.24, 2.45) is 0 Å². The summed E-state index contributed by atoms with van der Waals surface area (Å²) < 4.78 is 2.21. The second-order valence-electron chi connectivity index (χ2n) is 3.90. The van der Waals surface area contributed by atoms with Gasteiger partial charge in [0.25, 0.3) is 0 Å². The van der Waals surface area contributed by atoms with Crippen molar-refractivity contribution in [2.75, 3.05) is 0 Å². The fourth-order valence-corrected chi connectivity index (χ4v) is 2.10. The summed E-state index contributed by atoms with van der Waals surface area (Å²) in [4.78, 5) is 20.6. The van der Waals surface area contributed by atoms with Crippen LogP contribution in [0, 0.1) is 11.3 Å². The van der Waals surface area contributed by atoms with E-state index in [1.807, 2.05) is 13.3 Å². The molecular weight excluding hydrogens is 218 g/mol. The monoisotopic (exact) mass is 233 g/mol. The van der Waals surface area contributed by atoms with Gasteiger partial charge >= 0.3 is 6.15 Å². The van der Waals surface area contributed by atoms with Crippen LogP contribution in [-0.2, 0) is 22.6 Å². The standard InChI is InChI=1S/C11H15N3.CO2/c1-2-9(7-12)11-10-5-3-4-6-14(10)8-13-11;2-1-3/h8-9H,2-6H2,1H3;. The molecule has 1 aliphatic rings. The summed E-state index contributed by atoms with van der Waals surface area (Å²) in [5.74, 6) is -0.00986. The van der Waals surface area contributed by atoms with Gasteiger partial charge in [0.1, 0.15) is 0 Å². The van der Waals surface area contributed by atoms with Crippen LogP contribution >= 0.6 is 0 Å². The molecule has 0 aromatic carbocycles. The van der Waals surface area contributed by atoms with Crippen molar-refractivity contribution in [3.63, 3.8) is 0 Å². The molecule has 0 aliphatic carbocycles. The van der Waals surface area contributed by atoms with Crippen molar-refractivity contribution >= 4 is 6.15 Å². The zero-order valence-corrected chi connectivity index (χ0v) is 9.85. The van der Waals surface area contributed by atoms with E-state index >= 15 is 0 Å². The molecule has 0 spiro atoms. The van der Waals surface area contributed by atoms with Crippen LogP contribution in [0.3, 0.4) is 0 Å². The van der Waals surface area contributed by atoms with E-state index in [0.29, 0.717) is 0 Å². The number of hydrogen-bond donors (Lipinski definition) is 0. The number of aryl methyl sites for hydroxylation is 1. The van der Waals surface area contributed by atoms with Crippen LogP contribution in [-0.4, -0.2) is 15.7 Å². The summed E-state index contributed by atoms with van der Waals surface area (Å²) in [6.07, 6.45) is 6.57. The van der Waals surface area contributed by atoms with E-state index in [0.717, 1.165) is 25.1 Å². The van der Waals surface area contributed by atoms with Gasteiger partial charge in [-0.15, -0.1) is 0 Å². The molecule has 0 amide bonds. The number of aromatic nitrogens is 2. The van der Waals surface area contributed by atoms with Gasteiger partial charge in [0.05, 0.1) is 24.0 Å². The first kappa shape index (κ1) is 13.1. The van der Waals surface area contributed by atoms with Crippen LogP contribution in [0.2, 0.25) is 0 Å². The zero-order valence-electron chi connectivity index (χ0n) is 9.85. The van der Waals surface area contributed by atoms with Crippen LogP contribution in [0.5, 0.6) is 0 Å². The number of fused-ring (bicyclic) bond motifs is 1. The molecule has 0 bridgehead atoms. The van der Waals surface area contributed by atoms with Gasteiger partial charge < -0.3 is 4.57 Å². The van der Waals surface area contributed by atoms with Crippen LogP contribution < -0.4 is 0 Å². The summed E-state index contributed by atoms with van der Waals surface area (Å²) in [6.45, 7) is 3.12. The first-order valence-corrected chi connectivity index (χ1v) is 5.71. The average Bonchev–Trinajstić information content (AvgIpc) is 2.76. The highest BCUT2D eigenvalue weighted by molar-refractivity contribution is 5.24. The van der Waals surface area contributed by atoms with Gasteiger partial charge in [0, 0.05) is 12.2 Å². The highest BCUT2D eigenvalue weighted by Crippen LogP contribution is 2.25. The number of nitrogens with zero attached hydrogens (tertiary/aromatic N) is 3. The third kappa shape index (κ3) is 3.02. The lowest BCUT2D eigenvalue weighted by atomic mass is 9.98. The van der Waals surface area contributed by atoms with Crippen molar-refractivity contribution < 1.29 is 9.59 Å². The van der Waals surface area contributed by atoms with Gasteiger partial charge in [-0.25, -0.2) is 4.98 Å². The van der Waals surface area contributed by atoms with Gasteiger partial charge in [-0.1, -0.05) is 6.92 Å². The van der Waals surface area contributed by atoms with Gasteiger partial charge in [0.15, 0.2) is 0 Å². The van der Waals surface area contributed by atoms with Crippen molar-refractivity contribution in [1.29, 1.82) is 5.26 Å². The van der Waals surface area contributed by atoms with Crippen LogP contribution in [0.15, 0.2) is 6.33 Å². The Balaban J connectivity index is 0.000000437. The SMILES string of the molecule is CCC(C#N)c1ncn2c1CCCC2.O=C=O. The molecular formula is C12H15N3O2. The highest BCUT2D eigenvalue weighted by atomic mass is 16.2. The van der Waals surface area contributed by atoms with Gasteiger partial charge in [-0.3, -0.25) is 0 Å². The number of carbonyl (C=O) groups excluding carboxylic acids is 2. The predicted molar refractivity (Wildman–Crippen MR) is 58.8 cm³/mol. The maximum absolute atomic E-state index is 9.00. The van der Waals surface area contributed by atoms with Gasteiger partial charge in [0.2, 0.25) is 0 Å². The van der Waals surface area contributed by atoms with Crippen molar-refractivity contribution in [1.82, 2.24) is 9.55 Å². The number of hydrogen-bond acceptors (Lipinski definition) is 4. The molecule has 1 aliphatic heterocycles. The molecule has 0 radical (unpaired) electrons. The predicted octanol–water partition coefficient (Wildman–Crippen LogP) is 1.65. The lowest BCUT2D eigenvalue weighted by molar-refractivity contribution is -0.191. The Morgan fingerprint density at radius 2 is 2.24 bits per heavy atom. The fourth-order valence-electron chi connectivity index (χ4n) is 2.10. The molecule has 5 nitrogen and oxygen atoms in total. The van der Waals surface area contributed by atoms with E-state index in [1.165, 1.54) is 18.5 Å². The highest BCUT2D eigenvalue weighted by Gasteiger charge is 2.20. The summed E-state index contributed by atoms with van der Waals surface area (Å²) >= 11 is 0. The Morgan fingerprint density at radius 1 is 1.53 bits per heavy atom. The zero-order chi connectivity index (χ0) is 12.7. The molecule has 2 heterocycles. The first-order valence-electron chi connectivity index (χ1n) is 5.71. The van der Waals surface area contributed by atoms with E-state index in [2.05, 4.69) is 15.6 Å². The Morgan fingerprint density at radius 3 is 2.82 bits per heavy atom. The van der Waals surface area contributed by atoms with Crippen molar-refractivity contribution in [2.45, 2.75) is 45.1 Å². The van der Waals surface area contributed by atoms with E-state index in [4.69, 9.17) is 14.9 Å². The summed E-state index contributed by atoms with van der Waals surface area (Å²) in [5, 5.41) is 9.00. The Hall–Kier alpha value is -1.92. The number of imidazole rings is 1. The number of rotatable bonds is 2. The summed E-state index contributed by atoms with van der Waals surface area (Å²) in [7, 11) is 0. The van der Waals surface area contributed by atoms with E-state index in [-0.39, 0.29) is 12.1 Å². The van der Waals surface area contributed by atoms with Crippen molar-refractivity contribution in [3.05, 3.63) is 17.7 Å². The van der Waals surface area contributed by atoms with E-state index in [9.17, 15) is 0 Å². The number of nitriles is 1. The molecule has 17 heavy (non-hydrogen) atoms. The molecule has 90 valence electrons. The minimum Gasteiger partial charge on any atom is -0.334 e. The van der Waals surface area contributed by atoms with Crippen LogP contribution in [0.4, 0.5) is 0 Å². The third-order valence-corrected chi connectivity index (χ3v) is 2.94. The Bertz CT molecular complexity index is 439. The molecule has 1 aromatic rings. The minimum atomic E-state index is -0.00986. The van der Waals surface area contributed by atoms with Gasteiger partial charge in [-0.05, 0) is 25.7 Å². The van der Waals surface area contributed by atoms with Gasteiger partial charge in [-0.2, -0.15) is 14.9 Å². The van der Waals surface area contributed by atoms with Crippen LogP contribution in [0.1, 0.15) is 43.5 Å². The molecule has 0 fully saturated rings. The first-order chi connectivity index (χ1) is 8.28. The quantitative estimate of drug-likeness (QED) is 0.778. The molecule has 0 N–H and O–H groups in total. The average molecular weight is 233 g/mol. The largest absolute Gasteiger partial charge is 0.373 e. The molecule has 1 aromatic heterocycles. The topological polar surface area (TPSA) is 75.8 Å². The molecule has 1 unspecified atom stereocenters. The smallest absolute Gasteiger partial charge is 0.334 e. The lowest BCUT2D eigenvalue weighted by Crippen LogP contribution is -2.11. The molecule has 0 saturated carbocycles. The molecule has 0 saturated heterocycles. The van der Waals surface area contributed by atoms with E-state index < -0.39 is 0 Å². The normalized spacial score (nSPS) is 14.6. The van der Waals surface area contributed by atoms with E-state index in [1.54, 1.807) is 0 Å². The second-order valence-corrected chi connectivity index (χ2v) is 3.90. The Labute approximate surface area is 100 Å². The molecule has 2 rings (SSSR count). The maximum atomic E-state index is 9.00. The minimum absolute atomic E-state index is 0.00986. The second kappa shape index (κ2) is 6.62. The Kier molecular flexibility index (Phi) is 5.12. The summed E-state index contributed by atoms with van der Waals surface area (Å²) in [5.41, 5.74) is 2.32. The van der Waals surface area contributed by atoms with Crippen LogP contribution in [0.25, 0.3) is 0 Å².